The maximum absolute atomic E-state index is 10.8. The van der Waals surface area contributed by atoms with E-state index in [4.69, 9.17) is 9.84 Å². The van der Waals surface area contributed by atoms with Crippen molar-refractivity contribution in [2.24, 2.45) is 11.8 Å². The van der Waals surface area contributed by atoms with Crippen LogP contribution in [0.5, 0.6) is 0 Å². The summed E-state index contributed by atoms with van der Waals surface area (Å²) < 4.78 is 5.44. The zero-order valence-corrected chi connectivity index (χ0v) is 15.4. The van der Waals surface area contributed by atoms with E-state index in [9.17, 15) is 4.79 Å². The Bertz CT molecular complexity index is 403. The van der Waals surface area contributed by atoms with Gasteiger partial charge in [0, 0.05) is 13.2 Å². The first-order valence-corrected chi connectivity index (χ1v) is 8.26. The van der Waals surface area contributed by atoms with Crippen molar-refractivity contribution in [3.8, 4) is 0 Å². The van der Waals surface area contributed by atoms with Crippen LogP contribution in [0.2, 0.25) is 0 Å². The van der Waals surface area contributed by atoms with Crippen molar-refractivity contribution in [3.63, 3.8) is 0 Å². The van der Waals surface area contributed by atoms with E-state index in [0.29, 0.717) is 11.8 Å². The van der Waals surface area contributed by atoms with Gasteiger partial charge >= 0.3 is 5.97 Å². The molecule has 1 N–H and O–H groups in total. The first-order valence-electron chi connectivity index (χ1n) is 8.26. The molecule has 0 aromatic rings. The molecule has 3 heteroatoms. The van der Waals surface area contributed by atoms with Gasteiger partial charge in [-0.1, -0.05) is 39.7 Å². The third-order valence-electron chi connectivity index (χ3n) is 4.19. The Morgan fingerprint density at radius 1 is 1.27 bits per heavy atom. The molecule has 0 aliphatic heterocycles. The summed E-state index contributed by atoms with van der Waals surface area (Å²) in [5, 5.41) is 8.89. The SMILES string of the molecule is COC(C)(C)CCCC(C)CC=C(/C(C)=C/C(=O)O)C(C)C. The van der Waals surface area contributed by atoms with E-state index in [1.54, 1.807) is 7.11 Å². The minimum Gasteiger partial charge on any atom is -0.478 e. The number of hydrogen-bond acceptors (Lipinski definition) is 2. The molecule has 0 aliphatic carbocycles. The molecule has 3 nitrogen and oxygen atoms in total. The molecule has 0 saturated carbocycles. The fraction of sp³-hybridized carbons (Fsp3) is 0.737. The van der Waals surface area contributed by atoms with Gasteiger partial charge in [0.05, 0.1) is 5.60 Å². The van der Waals surface area contributed by atoms with Gasteiger partial charge in [-0.25, -0.2) is 4.79 Å². The maximum Gasteiger partial charge on any atom is 0.328 e. The molecule has 0 fully saturated rings. The average Bonchev–Trinajstić information content (AvgIpc) is 2.37. The molecule has 128 valence electrons. The predicted molar refractivity (Wildman–Crippen MR) is 93.0 cm³/mol. The topological polar surface area (TPSA) is 46.5 Å². The minimum absolute atomic E-state index is 0.0422. The van der Waals surface area contributed by atoms with Crippen molar-refractivity contribution in [2.45, 2.75) is 72.8 Å². The van der Waals surface area contributed by atoms with Crippen LogP contribution in [0.3, 0.4) is 0 Å². The lowest BCUT2D eigenvalue weighted by Crippen LogP contribution is -2.22. The van der Waals surface area contributed by atoms with Crippen LogP contribution >= 0.6 is 0 Å². The van der Waals surface area contributed by atoms with E-state index in [1.807, 2.05) is 6.92 Å². The Kier molecular flexibility index (Phi) is 9.34. The van der Waals surface area contributed by atoms with E-state index >= 15 is 0 Å². The van der Waals surface area contributed by atoms with Crippen molar-refractivity contribution in [3.05, 3.63) is 23.3 Å². The van der Waals surface area contributed by atoms with Crippen molar-refractivity contribution in [2.75, 3.05) is 7.11 Å². The first-order chi connectivity index (χ1) is 10.1. The normalized spacial score (nSPS) is 15.3. The van der Waals surface area contributed by atoms with Crippen molar-refractivity contribution in [1.29, 1.82) is 0 Å². The number of methoxy groups -OCH3 is 1. The van der Waals surface area contributed by atoms with Gasteiger partial charge in [0.1, 0.15) is 0 Å². The number of carboxylic acids is 1. The molecule has 0 saturated heterocycles. The molecular formula is C19H34O3. The van der Waals surface area contributed by atoms with E-state index in [2.05, 4.69) is 40.7 Å². The minimum atomic E-state index is -0.876. The van der Waals surface area contributed by atoms with Crippen LogP contribution in [-0.4, -0.2) is 23.8 Å². The van der Waals surface area contributed by atoms with Gasteiger partial charge < -0.3 is 9.84 Å². The second kappa shape index (κ2) is 9.83. The molecule has 0 aromatic carbocycles. The lowest BCUT2D eigenvalue weighted by atomic mass is 9.90. The quantitative estimate of drug-likeness (QED) is 0.444. The highest BCUT2D eigenvalue weighted by atomic mass is 16.5. The van der Waals surface area contributed by atoms with Crippen LogP contribution in [0, 0.1) is 11.8 Å². The smallest absolute Gasteiger partial charge is 0.328 e. The lowest BCUT2D eigenvalue weighted by Gasteiger charge is -2.23. The van der Waals surface area contributed by atoms with Gasteiger partial charge in [0.15, 0.2) is 0 Å². The summed E-state index contributed by atoms with van der Waals surface area (Å²) in [5.41, 5.74) is 1.96. The maximum atomic E-state index is 10.8. The summed E-state index contributed by atoms with van der Waals surface area (Å²) in [5.74, 6) is 0.0631. The molecule has 0 aromatic heterocycles. The molecule has 22 heavy (non-hydrogen) atoms. The highest BCUT2D eigenvalue weighted by Gasteiger charge is 2.16. The zero-order valence-electron chi connectivity index (χ0n) is 15.4. The fourth-order valence-electron chi connectivity index (χ4n) is 2.54. The Morgan fingerprint density at radius 2 is 1.86 bits per heavy atom. The van der Waals surface area contributed by atoms with Crippen LogP contribution < -0.4 is 0 Å². The fourth-order valence-corrected chi connectivity index (χ4v) is 2.54. The second-order valence-corrected chi connectivity index (χ2v) is 7.18. The summed E-state index contributed by atoms with van der Waals surface area (Å²) in [6.45, 7) is 12.6. The molecule has 0 amide bonds. The summed E-state index contributed by atoms with van der Waals surface area (Å²) >= 11 is 0. The second-order valence-electron chi connectivity index (χ2n) is 7.18. The first kappa shape index (κ1) is 20.9. The van der Waals surface area contributed by atoms with Crippen LogP contribution in [0.25, 0.3) is 0 Å². The van der Waals surface area contributed by atoms with Crippen molar-refractivity contribution in [1.82, 2.24) is 0 Å². The summed E-state index contributed by atoms with van der Waals surface area (Å²) in [7, 11) is 1.76. The van der Waals surface area contributed by atoms with Gasteiger partial charge in [0.2, 0.25) is 0 Å². The number of allylic oxidation sites excluding steroid dienone is 3. The van der Waals surface area contributed by atoms with Crippen molar-refractivity contribution >= 4 is 5.97 Å². The highest BCUT2D eigenvalue weighted by molar-refractivity contribution is 5.81. The van der Waals surface area contributed by atoms with Gasteiger partial charge in [-0.05, 0) is 56.6 Å². The average molecular weight is 310 g/mol. The largest absolute Gasteiger partial charge is 0.478 e. The number of carbonyl (C=O) groups is 1. The van der Waals surface area contributed by atoms with Crippen LogP contribution in [-0.2, 0) is 9.53 Å². The molecule has 1 unspecified atom stereocenters. The van der Waals surface area contributed by atoms with Gasteiger partial charge in [-0.2, -0.15) is 0 Å². The molecule has 0 radical (unpaired) electrons. The van der Waals surface area contributed by atoms with E-state index < -0.39 is 5.97 Å². The molecular weight excluding hydrogens is 276 g/mol. The lowest BCUT2D eigenvalue weighted by molar-refractivity contribution is -0.131. The van der Waals surface area contributed by atoms with E-state index in [-0.39, 0.29) is 5.60 Å². The Morgan fingerprint density at radius 3 is 2.32 bits per heavy atom. The summed E-state index contributed by atoms with van der Waals surface area (Å²) in [6.07, 6.45) is 7.88. The standard InChI is InChI=1S/C19H34O3/c1-14(2)17(16(4)13-18(20)21)11-10-15(3)9-8-12-19(5,6)22-7/h11,13-15H,8-10,12H2,1-7H3,(H,20,21)/b16-13+,17-11?. The third kappa shape index (κ3) is 9.04. The number of aliphatic carboxylic acids is 1. The zero-order chi connectivity index (χ0) is 17.3. The Labute approximate surface area is 136 Å². The highest BCUT2D eigenvalue weighted by Crippen LogP contribution is 2.24. The van der Waals surface area contributed by atoms with Crippen molar-refractivity contribution < 1.29 is 14.6 Å². The number of hydrogen-bond donors (Lipinski definition) is 1. The Hall–Kier alpha value is -1.09. The van der Waals surface area contributed by atoms with E-state index in [0.717, 1.165) is 36.8 Å². The van der Waals surface area contributed by atoms with Gasteiger partial charge in [-0.15, -0.1) is 0 Å². The summed E-state index contributed by atoms with van der Waals surface area (Å²) in [4.78, 5) is 10.8. The molecule has 0 spiro atoms. The predicted octanol–water partition coefficient (Wildman–Crippen LogP) is 5.22. The van der Waals surface area contributed by atoms with Crippen LogP contribution in [0.1, 0.15) is 67.2 Å². The van der Waals surface area contributed by atoms with Crippen LogP contribution in [0.4, 0.5) is 0 Å². The molecule has 0 rings (SSSR count). The third-order valence-corrected chi connectivity index (χ3v) is 4.19. The molecule has 1 atom stereocenters. The number of rotatable bonds is 10. The van der Waals surface area contributed by atoms with Crippen LogP contribution in [0.15, 0.2) is 23.3 Å². The number of ether oxygens (including phenoxy) is 1. The van der Waals surface area contributed by atoms with E-state index in [1.165, 1.54) is 6.08 Å². The Balaban J connectivity index is 4.54. The number of carboxylic acid groups (broad SMARTS) is 1. The molecule has 0 heterocycles. The summed E-state index contributed by atoms with van der Waals surface area (Å²) in [6, 6.07) is 0. The molecule has 0 aliphatic rings. The monoisotopic (exact) mass is 310 g/mol. The van der Waals surface area contributed by atoms with Gasteiger partial charge in [-0.3, -0.25) is 0 Å². The molecule has 0 bridgehead atoms. The van der Waals surface area contributed by atoms with Gasteiger partial charge in [0.25, 0.3) is 0 Å².